The molecule has 2 atom stereocenters. The molecule has 4 nitrogen and oxygen atoms in total. The van der Waals surface area contributed by atoms with Gasteiger partial charge in [-0.1, -0.05) is 6.42 Å². The third-order valence-corrected chi connectivity index (χ3v) is 3.58. The van der Waals surface area contributed by atoms with Crippen molar-refractivity contribution in [3.63, 3.8) is 0 Å². The fourth-order valence-corrected chi connectivity index (χ4v) is 2.17. The summed E-state index contributed by atoms with van der Waals surface area (Å²) < 4.78 is 0. The molecule has 0 heterocycles. The van der Waals surface area contributed by atoms with Crippen molar-refractivity contribution in [1.82, 2.24) is 10.2 Å². The lowest BCUT2D eigenvalue weighted by atomic mass is 10.0. The molecule has 0 aliphatic heterocycles. The summed E-state index contributed by atoms with van der Waals surface area (Å²) in [5, 5.41) is 3.11. The molecular formula is C12H25N3O. The van der Waals surface area contributed by atoms with Gasteiger partial charge < -0.3 is 11.1 Å². The number of nitrogens with two attached hydrogens (primary N) is 1. The van der Waals surface area contributed by atoms with E-state index in [2.05, 4.69) is 19.2 Å². The predicted molar refractivity (Wildman–Crippen MR) is 66.1 cm³/mol. The highest BCUT2D eigenvalue weighted by Gasteiger charge is 2.27. The van der Waals surface area contributed by atoms with E-state index in [9.17, 15) is 4.79 Å². The topological polar surface area (TPSA) is 58.4 Å². The zero-order chi connectivity index (χ0) is 12.1. The maximum absolute atomic E-state index is 11.8. The van der Waals surface area contributed by atoms with Crippen molar-refractivity contribution >= 4 is 5.91 Å². The van der Waals surface area contributed by atoms with E-state index in [-0.39, 0.29) is 5.91 Å². The molecule has 0 spiro atoms. The fourth-order valence-electron chi connectivity index (χ4n) is 2.17. The largest absolute Gasteiger partial charge is 0.352 e. The zero-order valence-corrected chi connectivity index (χ0v) is 10.7. The number of carbonyl (C=O) groups excluding carboxylic acids is 1. The number of amides is 1. The van der Waals surface area contributed by atoms with E-state index in [0.717, 1.165) is 12.8 Å². The third-order valence-electron chi connectivity index (χ3n) is 3.58. The second-order valence-corrected chi connectivity index (χ2v) is 5.11. The molecule has 2 unspecified atom stereocenters. The Morgan fingerprint density at radius 1 is 1.50 bits per heavy atom. The minimum Gasteiger partial charge on any atom is -0.352 e. The number of nitrogens with one attached hydrogen (secondary N) is 1. The van der Waals surface area contributed by atoms with E-state index in [1.54, 1.807) is 0 Å². The highest BCUT2D eigenvalue weighted by atomic mass is 16.2. The molecule has 1 fully saturated rings. The Bertz CT molecular complexity index is 230. The lowest BCUT2D eigenvalue weighted by molar-refractivity contribution is -0.123. The summed E-state index contributed by atoms with van der Waals surface area (Å²) in [6, 6.07) is 0.706. The Morgan fingerprint density at radius 2 is 2.19 bits per heavy atom. The van der Waals surface area contributed by atoms with E-state index in [1.165, 1.54) is 6.42 Å². The minimum atomic E-state index is 0.126. The van der Waals surface area contributed by atoms with Crippen molar-refractivity contribution in [1.29, 1.82) is 0 Å². The third kappa shape index (κ3) is 3.76. The van der Waals surface area contributed by atoms with Crippen LogP contribution in [0, 0.1) is 5.92 Å². The van der Waals surface area contributed by atoms with E-state index in [0.29, 0.717) is 31.1 Å². The van der Waals surface area contributed by atoms with Gasteiger partial charge in [0.15, 0.2) is 0 Å². The van der Waals surface area contributed by atoms with E-state index in [4.69, 9.17) is 5.73 Å². The second kappa shape index (κ2) is 6.21. The molecule has 1 saturated carbocycles. The standard InChI is InChI=1S/C12H25N3O/c1-9(2)15(3)8-12(16)14-11-6-4-5-10(11)7-13/h9-11H,4-8,13H2,1-3H3,(H,14,16). The first-order chi connectivity index (χ1) is 7.54. The van der Waals surface area contributed by atoms with Gasteiger partial charge in [-0.25, -0.2) is 0 Å². The fraction of sp³-hybridized carbons (Fsp3) is 0.917. The van der Waals surface area contributed by atoms with Gasteiger partial charge in [0.2, 0.25) is 5.91 Å². The normalized spacial score (nSPS) is 25.4. The van der Waals surface area contributed by atoms with Gasteiger partial charge >= 0.3 is 0 Å². The van der Waals surface area contributed by atoms with E-state index >= 15 is 0 Å². The molecule has 0 aromatic rings. The van der Waals surface area contributed by atoms with Crippen molar-refractivity contribution in [2.75, 3.05) is 20.1 Å². The number of nitrogens with zero attached hydrogens (tertiary/aromatic N) is 1. The Morgan fingerprint density at radius 3 is 2.75 bits per heavy atom. The summed E-state index contributed by atoms with van der Waals surface area (Å²) >= 11 is 0. The summed E-state index contributed by atoms with van der Waals surface area (Å²) in [6.45, 7) is 5.34. The van der Waals surface area contributed by atoms with Crippen LogP contribution in [0.15, 0.2) is 0 Å². The van der Waals surface area contributed by atoms with Crippen LogP contribution in [0.3, 0.4) is 0 Å². The Hall–Kier alpha value is -0.610. The number of hydrogen-bond donors (Lipinski definition) is 2. The van der Waals surface area contributed by atoms with Crippen LogP contribution in [0.5, 0.6) is 0 Å². The molecule has 0 aromatic heterocycles. The highest BCUT2D eigenvalue weighted by Crippen LogP contribution is 2.24. The monoisotopic (exact) mass is 227 g/mol. The molecule has 1 rings (SSSR count). The van der Waals surface area contributed by atoms with Crippen LogP contribution in [0.25, 0.3) is 0 Å². The molecular weight excluding hydrogens is 202 g/mol. The van der Waals surface area contributed by atoms with Crippen LogP contribution in [0.4, 0.5) is 0 Å². The van der Waals surface area contributed by atoms with Crippen molar-refractivity contribution in [3.05, 3.63) is 0 Å². The molecule has 0 aromatic carbocycles. The van der Waals surface area contributed by atoms with Gasteiger partial charge in [-0.3, -0.25) is 9.69 Å². The Balaban J connectivity index is 2.33. The number of carbonyl (C=O) groups is 1. The molecule has 3 N–H and O–H groups in total. The molecule has 0 saturated heterocycles. The van der Waals surface area contributed by atoms with Gasteiger partial charge in [0.1, 0.15) is 0 Å². The first-order valence-corrected chi connectivity index (χ1v) is 6.24. The average molecular weight is 227 g/mol. The second-order valence-electron chi connectivity index (χ2n) is 5.11. The molecule has 1 aliphatic rings. The maximum atomic E-state index is 11.8. The quantitative estimate of drug-likeness (QED) is 0.722. The number of hydrogen-bond acceptors (Lipinski definition) is 3. The van der Waals surface area contributed by atoms with E-state index < -0.39 is 0 Å². The van der Waals surface area contributed by atoms with Crippen LogP contribution in [-0.4, -0.2) is 43.0 Å². The summed E-state index contributed by atoms with van der Waals surface area (Å²) in [5.41, 5.74) is 5.69. The van der Waals surface area contributed by atoms with Gasteiger partial charge in [-0.15, -0.1) is 0 Å². The van der Waals surface area contributed by atoms with Crippen molar-refractivity contribution in [2.45, 2.75) is 45.2 Å². The van der Waals surface area contributed by atoms with Crippen LogP contribution in [0.2, 0.25) is 0 Å². The summed E-state index contributed by atoms with van der Waals surface area (Å²) in [7, 11) is 1.97. The summed E-state index contributed by atoms with van der Waals surface area (Å²) in [5.74, 6) is 0.606. The minimum absolute atomic E-state index is 0.126. The maximum Gasteiger partial charge on any atom is 0.234 e. The molecule has 0 radical (unpaired) electrons. The van der Waals surface area contributed by atoms with Crippen LogP contribution < -0.4 is 11.1 Å². The smallest absolute Gasteiger partial charge is 0.234 e. The molecule has 94 valence electrons. The molecule has 1 amide bonds. The predicted octanol–water partition coefficient (Wildman–Crippen LogP) is 0.570. The Kier molecular flexibility index (Phi) is 5.22. The van der Waals surface area contributed by atoms with E-state index in [1.807, 2.05) is 11.9 Å². The zero-order valence-electron chi connectivity index (χ0n) is 10.7. The number of likely N-dealkylation sites (N-methyl/N-ethyl adjacent to an activating group) is 1. The first-order valence-electron chi connectivity index (χ1n) is 6.24. The van der Waals surface area contributed by atoms with Crippen molar-refractivity contribution < 1.29 is 4.79 Å². The SMILES string of the molecule is CC(C)N(C)CC(=O)NC1CCCC1CN. The first kappa shape index (κ1) is 13.5. The van der Waals surface area contributed by atoms with Crippen LogP contribution in [0.1, 0.15) is 33.1 Å². The van der Waals surface area contributed by atoms with Gasteiger partial charge in [-0.2, -0.15) is 0 Å². The van der Waals surface area contributed by atoms with Gasteiger partial charge in [0, 0.05) is 12.1 Å². The Labute approximate surface area is 98.6 Å². The van der Waals surface area contributed by atoms with Crippen LogP contribution in [-0.2, 0) is 4.79 Å². The van der Waals surface area contributed by atoms with Gasteiger partial charge in [0.05, 0.1) is 6.54 Å². The van der Waals surface area contributed by atoms with Gasteiger partial charge in [-0.05, 0) is 46.2 Å². The van der Waals surface area contributed by atoms with Crippen molar-refractivity contribution in [3.8, 4) is 0 Å². The molecule has 0 bridgehead atoms. The molecule has 1 aliphatic carbocycles. The summed E-state index contributed by atoms with van der Waals surface area (Å²) in [4.78, 5) is 13.8. The lowest BCUT2D eigenvalue weighted by Crippen LogP contribution is -2.45. The number of rotatable bonds is 5. The molecule has 16 heavy (non-hydrogen) atoms. The highest BCUT2D eigenvalue weighted by molar-refractivity contribution is 5.78. The average Bonchev–Trinajstić information content (AvgIpc) is 2.64. The summed E-state index contributed by atoms with van der Waals surface area (Å²) in [6.07, 6.45) is 3.42. The van der Waals surface area contributed by atoms with Crippen molar-refractivity contribution in [2.24, 2.45) is 11.7 Å². The lowest BCUT2D eigenvalue weighted by Gasteiger charge is -2.24. The van der Waals surface area contributed by atoms with Gasteiger partial charge in [0.25, 0.3) is 0 Å². The van der Waals surface area contributed by atoms with Crippen LogP contribution >= 0.6 is 0 Å². The molecule has 4 heteroatoms.